The van der Waals surface area contributed by atoms with Crippen LogP contribution in [0.4, 0.5) is 4.39 Å². The summed E-state index contributed by atoms with van der Waals surface area (Å²) < 4.78 is 12.8. The van der Waals surface area contributed by atoms with E-state index in [2.05, 4.69) is 5.32 Å². The van der Waals surface area contributed by atoms with Crippen LogP contribution in [-0.2, 0) is 15.0 Å². The number of nitrogens with one attached hydrogen (secondary N) is 1. The highest BCUT2D eigenvalue weighted by molar-refractivity contribution is 5.91. The lowest BCUT2D eigenvalue weighted by molar-refractivity contribution is -0.143. The van der Waals surface area contributed by atoms with E-state index in [9.17, 15) is 14.0 Å². The predicted molar refractivity (Wildman–Crippen MR) is 81.5 cm³/mol. The summed E-state index contributed by atoms with van der Waals surface area (Å²) >= 11 is 0. The molecule has 1 aliphatic rings. The third kappa shape index (κ3) is 3.29. The SMILES string of the molecule is Cc1cccc(C2(C(=O)NC(CF)C(=O)O)CCCCC2)c1. The number of benzene rings is 1. The van der Waals surface area contributed by atoms with Crippen molar-refractivity contribution in [3.63, 3.8) is 0 Å². The van der Waals surface area contributed by atoms with E-state index in [4.69, 9.17) is 5.11 Å². The number of alkyl halides is 1. The average molecular weight is 307 g/mol. The fourth-order valence-electron chi connectivity index (χ4n) is 3.21. The second-order valence-electron chi connectivity index (χ2n) is 6.03. The molecule has 2 rings (SSSR count). The number of aryl methyl sites for hydroxylation is 1. The summed E-state index contributed by atoms with van der Waals surface area (Å²) in [6.07, 6.45) is 4.22. The molecule has 1 unspecified atom stereocenters. The molecule has 1 atom stereocenters. The van der Waals surface area contributed by atoms with Crippen molar-refractivity contribution in [1.82, 2.24) is 5.32 Å². The van der Waals surface area contributed by atoms with Crippen LogP contribution in [0.15, 0.2) is 24.3 Å². The van der Waals surface area contributed by atoms with Gasteiger partial charge in [-0.15, -0.1) is 0 Å². The van der Waals surface area contributed by atoms with Crippen LogP contribution in [0.2, 0.25) is 0 Å². The number of carbonyl (C=O) groups excluding carboxylic acids is 1. The number of halogens is 1. The molecular weight excluding hydrogens is 285 g/mol. The maximum absolute atomic E-state index is 12.8. The summed E-state index contributed by atoms with van der Waals surface area (Å²) in [4.78, 5) is 23.8. The zero-order valence-corrected chi connectivity index (χ0v) is 12.8. The van der Waals surface area contributed by atoms with Crippen molar-refractivity contribution in [2.24, 2.45) is 0 Å². The van der Waals surface area contributed by atoms with Gasteiger partial charge in [-0.05, 0) is 25.3 Å². The van der Waals surface area contributed by atoms with Crippen LogP contribution in [0.5, 0.6) is 0 Å². The van der Waals surface area contributed by atoms with Gasteiger partial charge < -0.3 is 10.4 Å². The topological polar surface area (TPSA) is 66.4 Å². The molecule has 1 fully saturated rings. The molecule has 2 N–H and O–H groups in total. The molecule has 0 aliphatic heterocycles. The minimum Gasteiger partial charge on any atom is -0.480 e. The van der Waals surface area contributed by atoms with E-state index < -0.39 is 24.1 Å². The summed E-state index contributed by atoms with van der Waals surface area (Å²) in [5.74, 6) is -1.71. The average Bonchev–Trinajstić information content (AvgIpc) is 2.52. The summed E-state index contributed by atoms with van der Waals surface area (Å²) in [7, 11) is 0. The molecule has 0 saturated heterocycles. The number of rotatable bonds is 5. The highest BCUT2D eigenvalue weighted by atomic mass is 19.1. The third-order valence-electron chi connectivity index (χ3n) is 4.47. The molecule has 5 heteroatoms. The lowest BCUT2D eigenvalue weighted by atomic mass is 9.68. The van der Waals surface area contributed by atoms with Gasteiger partial charge in [-0.2, -0.15) is 0 Å². The molecule has 0 radical (unpaired) electrons. The molecule has 0 heterocycles. The van der Waals surface area contributed by atoms with Gasteiger partial charge in [0.2, 0.25) is 5.91 Å². The van der Waals surface area contributed by atoms with Gasteiger partial charge in [-0.3, -0.25) is 4.79 Å². The van der Waals surface area contributed by atoms with Crippen molar-refractivity contribution in [2.45, 2.75) is 50.5 Å². The van der Waals surface area contributed by atoms with Gasteiger partial charge in [0.25, 0.3) is 0 Å². The van der Waals surface area contributed by atoms with Crippen molar-refractivity contribution < 1.29 is 19.1 Å². The third-order valence-corrected chi connectivity index (χ3v) is 4.47. The molecule has 4 nitrogen and oxygen atoms in total. The standard InChI is InChI=1S/C17H22FNO3/c1-12-6-5-7-13(10-12)17(8-3-2-4-9-17)16(22)19-14(11-18)15(20)21/h5-7,10,14H,2-4,8-9,11H2,1H3,(H,19,22)(H,20,21). The Morgan fingerprint density at radius 2 is 2.00 bits per heavy atom. The molecule has 0 aromatic heterocycles. The first kappa shape index (κ1) is 16.5. The van der Waals surface area contributed by atoms with E-state index >= 15 is 0 Å². The maximum atomic E-state index is 12.8. The van der Waals surface area contributed by atoms with Gasteiger partial charge in [0, 0.05) is 0 Å². The number of hydrogen-bond acceptors (Lipinski definition) is 2. The molecule has 0 spiro atoms. The lowest BCUT2D eigenvalue weighted by Gasteiger charge is -2.37. The van der Waals surface area contributed by atoms with Crippen LogP contribution in [0, 0.1) is 6.92 Å². The Kier molecular flexibility index (Phi) is 5.16. The second kappa shape index (κ2) is 6.90. The number of carboxylic acid groups (broad SMARTS) is 1. The van der Waals surface area contributed by atoms with Crippen LogP contribution >= 0.6 is 0 Å². The maximum Gasteiger partial charge on any atom is 0.328 e. The Hall–Kier alpha value is -1.91. The zero-order valence-electron chi connectivity index (χ0n) is 12.8. The molecule has 1 aromatic carbocycles. The van der Waals surface area contributed by atoms with E-state index in [0.29, 0.717) is 12.8 Å². The molecule has 0 bridgehead atoms. The summed E-state index contributed by atoms with van der Waals surface area (Å²) in [5.41, 5.74) is 1.20. The molecule has 22 heavy (non-hydrogen) atoms. The quantitative estimate of drug-likeness (QED) is 0.879. The Balaban J connectivity index is 2.33. The minimum absolute atomic E-state index is 0.372. The number of carbonyl (C=O) groups is 2. The van der Waals surface area contributed by atoms with Gasteiger partial charge in [-0.25, -0.2) is 9.18 Å². The number of amides is 1. The highest BCUT2D eigenvalue weighted by Gasteiger charge is 2.42. The molecule has 1 saturated carbocycles. The Labute approximate surface area is 129 Å². The molecule has 1 aliphatic carbocycles. The summed E-state index contributed by atoms with van der Waals surface area (Å²) in [6, 6.07) is 6.26. The fourth-order valence-corrected chi connectivity index (χ4v) is 3.21. The first-order valence-corrected chi connectivity index (χ1v) is 7.66. The van der Waals surface area contributed by atoms with E-state index in [-0.39, 0.29) is 5.91 Å². The van der Waals surface area contributed by atoms with Gasteiger partial charge in [-0.1, -0.05) is 49.1 Å². The van der Waals surface area contributed by atoms with E-state index in [1.54, 1.807) is 0 Å². The normalized spacial score (nSPS) is 18.5. The van der Waals surface area contributed by atoms with Crippen LogP contribution < -0.4 is 5.32 Å². The van der Waals surface area contributed by atoms with E-state index in [1.807, 2.05) is 31.2 Å². The van der Waals surface area contributed by atoms with Gasteiger partial charge >= 0.3 is 5.97 Å². The van der Waals surface area contributed by atoms with Crippen LogP contribution in [0.3, 0.4) is 0 Å². The van der Waals surface area contributed by atoms with E-state index in [0.717, 1.165) is 30.4 Å². The monoisotopic (exact) mass is 307 g/mol. The van der Waals surface area contributed by atoms with Gasteiger partial charge in [0.1, 0.15) is 6.67 Å². The largest absolute Gasteiger partial charge is 0.480 e. The van der Waals surface area contributed by atoms with Crippen molar-refractivity contribution >= 4 is 11.9 Å². The zero-order chi connectivity index (χ0) is 16.2. The highest BCUT2D eigenvalue weighted by Crippen LogP contribution is 2.40. The van der Waals surface area contributed by atoms with Crippen molar-refractivity contribution in [1.29, 1.82) is 0 Å². The summed E-state index contributed by atoms with van der Waals surface area (Å²) in [6.45, 7) is 0.852. The minimum atomic E-state index is -1.48. The Morgan fingerprint density at radius 3 is 2.55 bits per heavy atom. The van der Waals surface area contributed by atoms with Crippen LogP contribution in [0.1, 0.15) is 43.2 Å². The van der Waals surface area contributed by atoms with Crippen molar-refractivity contribution in [3.05, 3.63) is 35.4 Å². The molecule has 120 valence electrons. The first-order chi connectivity index (χ1) is 10.5. The van der Waals surface area contributed by atoms with Crippen LogP contribution in [-0.4, -0.2) is 29.7 Å². The van der Waals surface area contributed by atoms with Crippen molar-refractivity contribution in [2.75, 3.05) is 6.67 Å². The number of carboxylic acids is 1. The summed E-state index contributed by atoms with van der Waals surface area (Å²) in [5, 5.41) is 11.3. The van der Waals surface area contributed by atoms with Gasteiger partial charge in [0.05, 0.1) is 5.41 Å². The smallest absolute Gasteiger partial charge is 0.328 e. The Morgan fingerprint density at radius 1 is 1.32 bits per heavy atom. The second-order valence-corrected chi connectivity index (χ2v) is 6.03. The number of aliphatic carboxylic acids is 1. The first-order valence-electron chi connectivity index (χ1n) is 7.66. The molecule has 1 aromatic rings. The lowest BCUT2D eigenvalue weighted by Crippen LogP contribution is -2.52. The van der Waals surface area contributed by atoms with Gasteiger partial charge in [0.15, 0.2) is 6.04 Å². The molecular formula is C17H22FNO3. The van der Waals surface area contributed by atoms with E-state index in [1.165, 1.54) is 0 Å². The molecule has 1 amide bonds. The van der Waals surface area contributed by atoms with Crippen LogP contribution in [0.25, 0.3) is 0 Å². The van der Waals surface area contributed by atoms with Crippen molar-refractivity contribution in [3.8, 4) is 0 Å². The predicted octanol–water partition coefficient (Wildman–Crippen LogP) is 2.74. The Bertz CT molecular complexity index is 553. The number of hydrogen-bond donors (Lipinski definition) is 2. The fraction of sp³-hybridized carbons (Fsp3) is 0.529.